The number of ether oxygens (including phenoxy) is 2. The zero-order valence-electron chi connectivity index (χ0n) is 19.8. The molecule has 0 radical (unpaired) electrons. The molecule has 0 N–H and O–H groups in total. The van der Waals surface area contributed by atoms with Crippen LogP contribution in [0.3, 0.4) is 0 Å². The van der Waals surface area contributed by atoms with E-state index >= 15 is 0 Å². The quantitative estimate of drug-likeness (QED) is 0.404. The minimum Gasteiger partial charge on any atom is -0.493 e. The van der Waals surface area contributed by atoms with Crippen LogP contribution in [0.4, 0.5) is 18.9 Å². The van der Waals surface area contributed by atoms with Crippen LogP contribution in [0.5, 0.6) is 11.5 Å². The first kappa shape index (κ1) is 28.5. The minimum absolute atomic E-state index is 0.0801. The largest absolute Gasteiger partial charge is 0.493 e. The van der Waals surface area contributed by atoms with Crippen LogP contribution in [-0.2, 0) is 27.2 Å². The molecule has 1 aliphatic rings. The molecule has 2 aromatic rings. The zero-order chi connectivity index (χ0) is 26.9. The fourth-order valence-electron chi connectivity index (χ4n) is 4.36. The molecule has 2 aromatic carbocycles. The van der Waals surface area contributed by atoms with Gasteiger partial charge in [-0.1, -0.05) is 0 Å². The predicted octanol–water partition coefficient (Wildman–Crippen LogP) is 5.04. The normalized spacial score (nSPS) is 15.2. The zero-order valence-corrected chi connectivity index (χ0v) is 24.1. The van der Waals surface area contributed by atoms with Gasteiger partial charge in [0, 0.05) is 27.5 Å². The summed E-state index contributed by atoms with van der Waals surface area (Å²) in [5.41, 5.74) is 2.37. The van der Waals surface area contributed by atoms with Crippen LogP contribution < -0.4 is 14.4 Å². The Morgan fingerprint density at radius 1 is 1.00 bits per heavy atom. The van der Waals surface area contributed by atoms with Crippen LogP contribution in [0.1, 0.15) is 36.6 Å². The van der Waals surface area contributed by atoms with Crippen LogP contribution in [-0.4, -0.2) is 49.6 Å². The fourth-order valence-corrected chi connectivity index (χ4v) is 6.74. The first-order valence-electron chi connectivity index (χ1n) is 10.7. The number of fused-ring (bicyclic) bond motifs is 1. The minimum atomic E-state index is -5.03. The maximum atomic E-state index is 13.5. The number of carbonyl (C=O) groups excluding carboxylic acids is 3. The Hall–Kier alpha value is -2.10. The van der Waals surface area contributed by atoms with Gasteiger partial charge in [0.25, 0.3) is 0 Å². The third-order valence-corrected chi connectivity index (χ3v) is 7.51. The molecular formula is C24H23F3I2N2O5. The number of amides is 3. The van der Waals surface area contributed by atoms with E-state index in [4.69, 9.17) is 9.47 Å². The van der Waals surface area contributed by atoms with Crippen molar-refractivity contribution in [3.63, 3.8) is 0 Å². The molecule has 1 heterocycles. The van der Waals surface area contributed by atoms with Crippen LogP contribution >= 0.6 is 45.2 Å². The highest BCUT2D eigenvalue weighted by atomic mass is 127. The Balaban J connectivity index is 2.12. The van der Waals surface area contributed by atoms with E-state index in [1.54, 1.807) is 24.3 Å². The van der Waals surface area contributed by atoms with E-state index in [9.17, 15) is 27.6 Å². The lowest BCUT2D eigenvalue weighted by molar-refractivity contribution is -0.188. The molecule has 0 saturated heterocycles. The first-order valence-corrected chi connectivity index (χ1v) is 12.9. The van der Waals surface area contributed by atoms with Gasteiger partial charge in [-0.3, -0.25) is 14.4 Å². The van der Waals surface area contributed by atoms with Crippen molar-refractivity contribution in [1.29, 1.82) is 0 Å². The van der Waals surface area contributed by atoms with Crippen LogP contribution in [0.2, 0.25) is 0 Å². The molecule has 0 bridgehead atoms. The van der Waals surface area contributed by atoms with Gasteiger partial charge in [-0.2, -0.15) is 13.2 Å². The Kier molecular flexibility index (Phi) is 8.78. The van der Waals surface area contributed by atoms with Crippen molar-refractivity contribution >= 4 is 68.6 Å². The first-order chi connectivity index (χ1) is 16.8. The molecule has 1 atom stereocenters. The summed E-state index contributed by atoms with van der Waals surface area (Å²) in [6, 6.07) is 5.85. The summed E-state index contributed by atoms with van der Waals surface area (Å²) < 4.78 is 52.4. The summed E-state index contributed by atoms with van der Waals surface area (Å²) in [6.07, 6.45) is -4.71. The van der Waals surface area contributed by atoms with Gasteiger partial charge in [-0.05, 0) is 99.0 Å². The molecule has 0 spiro atoms. The van der Waals surface area contributed by atoms with Crippen molar-refractivity contribution in [2.75, 3.05) is 25.7 Å². The lowest BCUT2D eigenvalue weighted by Gasteiger charge is -2.38. The molecule has 194 valence electrons. The van der Waals surface area contributed by atoms with E-state index in [-0.39, 0.29) is 19.4 Å². The van der Waals surface area contributed by atoms with E-state index in [1.807, 2.05) is 45.2 Å². The third kappa shape index (κ3) is 5.73. The van der Waals surface area contributed by atoms with Gasteiger partial charge >= 0.3 is 12.1 Å². The van der Waals surface area contributed by atoms with Crippen molar-refractivity contribution < 1.29 is 37.0 Å². The topological polar surface area (TPSA) is 76.2 Å². The molecule has 36 heavy (non-hydrogen) atoms. The SMILES string of the molecule is COc1cc2c(cc1OC)C(Cc1cc(I)c(N(C(C)=O)C(C)=O)c(I)c1)N(C(=O)C(F)(F)F)CC2. The average molecular weight is 730 g/mol. The summed E-state index contributed by atoms with van der Waals surface area (Å²) in [7, 11) is 2.90. The van der Waals surface area contributed by atoms with Gasteiger partial charge in [-0.25, -0.2) is 4.90 Å². The number of nitrogens with zero attached hydrogens (tertiary/aromatic N) is 2. The number of imide groups is 1. The van der Waals surface area contributed by atoms with Crippen molar-refractivity contribution in [2.45, 2.75) is 38.9 Å². The third-order valence-electron chi connectivity index (χ3n) is 5.87. The van der Waals surface area contributed by atoms with Crippen LogP contribution in [0.25, 0.3) is 0 Å². The maximum absolute atomic E-state index is 13.5. The summed E-state index contributed by atoms with van der Waals surface area (Å²) in [5, 5.41) is 0. The molecule has 3 rings (SSSR count). The molecule has 0 fully saturated rings. The highest BCUT2D eigenvalue weighted by molar-refractivity contribution is 14.1. The van der Waals surface area contributed by atoms with E-state index in [2.05, 4.69) is 0 Å². The molecular weight excluding hydrogens is 707 g/mol. The number of hydrogen-bond donors (Lipinski definition) is 0. The maximum Gasteiger partial charge on any atom is 0.471 e. The monoisotopic (exact) mass is 730 g/mol. The lowest BCUT2D eigenvalue weighted by Crippen LogP contribution is -2.47. The van der Waals surface area contributed by atoms with Crippen molar-refractivity contribution in [1.82, 2.24) is 4.90 Å². The van der Waals surface area contributed by atoms with Gasteiger partial charge in [0.05, 0.1) is 25.9 Å². The van der Waals surface area contributed by atoms with Crippen molar-refractivity contribution in [2.24, 2.45) is 0 Å². The van der Waals surface area contributed by atoms with Crippen molar-refractivity contribution in [3.05, 3.63) is 48.1 Å². The van der Waals surface area contributed by atoms with E-state index in [0.29, 0.717) is 35.5 Å². The molecule has 1 aliphatic heterocycles. The number of carbonyl (C=O) groups is 3. The number of rotatable bonds is 5. The number of benzene rings is 2. The number of hydrogen-bond acceptors (Lipinski definition) is 5. The fraction of sp³-hybridized carbons (Fsp3) is 0.375. The standard InChI is InChI=1S/C24H23F3I2N2O5/c1-12(32)31(13(2)33)22-17(28)7-14(8-18(22)29)9-19-16-11-21(36-4)20(35-3)10-15(16)5-6-30(19)23(34)24(25,26)27/h7-8,10-11,19H,5-6,9H2,1-4H3. The number of anilines is 1. The summed E-state index contributed by atoms with van der Waals surface area (Å²) in [4.78, 5) is 38.5. The van der Waals surface area contributed by atoms with E-state index in [1.165, 1.54) is 28.1 Å². The number of halogens is 5. The van der Waals surface area contributed by atoms with Gasteiger partial charge in [0.15, 0.2) is 11.5 Å². The predicted molar refractivity (Wildman–Crippen MR) is 143 cm³/mol. The molecule has 1 unspecified atom stereocenters. The van der Waals surface area contributed by atoms with Gasteiger partial charge in [-0.15, -0.1) is 0 Å². The smallest absolute Gasteiger partial charge is 0.471 e. The Bertz CT molecular complexity index is 1180. The molecule has 12 heteroatoms. The van der Waals surface area contributed by atoms with Gasteiger partial charge < -0.3 is 14.4 Å². The molecule has 7 nitrogen and oxygen atoms in total. The highest BCUT2D eigenvalue weighted by Gasteiger charge is 2.46. The molecule has 0 aromatic heterocycles. The number of alkyl halides is 3. The number of methoxy groups -OCH3 is 2. The Labute approximate surface area is 233 Å². The molecule has 0 aliphatic carbocycles. The molecule has 0 saturated carbocycles. The second-order valence-corrected chi connectivity index (χ2v) is 10.5. The Morgan fingerprint density at radius 3 is 2.00 bits per heavy atom. The highest BCUT2D eigenvalue weighted by Crippen LogP contribution is 2.41. The summed E-state index contributed by atoms with van der Waals surface area (Å²) >= 11 is 3.98. The van der Waals surface area contributed by atoms with E-state index in [0.717, 1.165) is 15.4 Å². The van der Waals surface area contributed by atoms with Gasteiger partial charge in [0.2, 0.25) is 11.8 Å². The van der Waals surface area contributed by atoms with Crippen molar-refractivity contribution in [3.8, 4) is 11.5 Å². The summed E-state index contributed by atoms with van der Waals surface area (Å²) in [6.45, 7) is 2.45. The Morgan fingerprint density at radius 2 is 1.53 bits per heavy atom. The average Bonchev–Trinajstić information content (AvgIpc) is 2.79. The van der Waals surface area contributed by atoms with Gasteiger partial charge in [0.1, 0.15) is 0 Å². The van der Waals surface area contributed by atoms with Crippen LogP contribution in [0.15, 0.2) is 24.3 Å². The second-order valence-electron chi connectivity index (χ2n) is 8.15. The molecule has 3 amide bonds. The lowest BCUT2D eigenvalue weighted by atomic mass is 9.88. The summed E-state index contributed by atoms with van der Waals surface area (Å²) in [5.74, 6) is -2.01. The van der Waals surface area contributed by atoms with Crippen LogP contribution in [0, 0.1) is 7.14 Å². The second kappa shape index (κ2) is 11.1. The van der Waals surface area contributed by atoms with E-state index < -0.39 is 29.9 Å².